The van der Waals surface area contributed by atoms with Crippen LogP contribution in [0.15, 0.2) is 18.5 Å². The summed E-state index contributed by atoms with van der Waals surface area (Å²) in [6.45, 7) is 5.37. The maximum atomic E-state index is 13.7. The van der Waals surface area contributed by atoms with E-state index in [9.17, 15) is 9.59 Å². The minimum atomic E-state index is -0.379. The van der Waals surface area contributed by atoms with Crippen LogP contribution in [0.5, 0.6) is 5.75 Å². The van der Waals surface area contributed by atoms with Crippen molar-refractivity contribution in [1.29, 1.82) is 0 Å². The number of aliphatic hydroxyl groups excluding tert-OH is 2. The van der Waals surface area contributed by atoms with Crippen LogP contribution in [-0.4, -0.2) is 93.4 Å². The largest absolute Gasteiger partial charge is 0.496 e. The number of hydrogen-bond acceptors (Lipinski definition) is 10. The van der Waals surface area contributed by atoms with Gasteiger partial charge in [-0.1, -0.05) is 11.6 Å². The van der Waals surface area contributed by atoms with Crippen molar-refractivity contribution >= 4 is 46.8 Å². The van der Waals surface area contributed by atoms with Crippen molar-refractivity contribution < 1.29 is 24.5 Å². The van der Waals surface area contributed by atoms with E-state index in [1.165, 1.54) is 11.1 Å². The van der Waals surface area contributed by atoms with Crippen LogP contribution in [-0.2, 0) is 11.3 Å². The summed E-state index contributed by atoms with van der Waals surface area (Å²) in [5.74, 6) is 0.178. The number of nitrogens with zero attached hydrogens (tertiary/aromatic N) is 5. The standard InChI is InChI=1S/C27H33ClN8O5/c1-15-12-32-20(16(2)22(15)41-3)14-36-24-21(23(28)33-27(29)34-24)19(26(36)40)11-18-10-17(13-31-18)25(39)30-4-5-35(6-8-37)7-9-38/h10-13,31,37-38H,4-9,14H2,1-3H3,(H,30,39)(H2,29,33,34). The Morgan fingerprint density at radius 1 is 1.24 bits per heavy atom. The van der Waals surface area contributed by atoms with Crippen molar-refractivity contribution in [2.45, 2.75) is 20.4 Å². The summed E-state index contributed by atoms with van der Waals surface area (Å²) in [5, 5.41) is 21.1. The fraction of sp³-hybridized carbons (Fsp3) is 0.370. The number of fused-ring (bicyclic) bond motifs is 1. The second kappa shape index (κ2) is 13.1. The Morgan fingerprint density at radius 3 is 2.66 bits per heavy atom. The molecule has 218 valence electrons. The minimum Gasteiger partial charge on any atom is -0.496 e. The molecule has 0 aliphatic carbocycles. The van der Waals surface area contributed by atoms with E-state index in [4.69, 9.17) is 32.3 Å². The number of halogens is 1. The molecule has 0 unspecified atom stereocenters. The number of hydrogen-bond donors (Lipinski definition) is 5. The molecule has 0 radical (unpaired) electrons. The van der Waals surface area contributed by atoms with E-state index < -0.39 is 0 Å². The number of aromatic amines is 1. The van der Waals surface area contributed by atoms with Gasteiger partial charge in [-0.15, -0.1) is 0 Å². The molecule has 4 heterocycles. The van der Waals surface area contributed by atoms with E-state index in [-0.39, 0.29) is 54.1 Å². The number of aromatic nitrogens is 4. The molecule has 14 heteroatoms. The predicted molar refractivity (Wildman–Crippen MR) is 155 cm³/mol. The van der Waals surface area contributed by atoms with Gasteiger partial charge >= 0.3 is 0 Å². The van der Waals surface area contributed by atoms with Crippen molar-refractivity contribution in [3.63, 3.8) is 0 Å². The maximum absolute atomic E-state index is 13.7. The highest BCUT2D eigenvalue weighted by atomic mass is 35.5. The van der Waals surface area contributed by atoms with E-state index in [0.29, 0.717) is 54.4 Å². The highest BCUT2D eigenvalue weighted by Gasteiger charge is 2.37. The Hall–Kier alpha value is -4.04. The lowest BCUT2D eigenvalue weighted by atomic mass is 10.1. The SMILES string of the molecule is COc1c(C)cnc(CN2C(=O)C(=Cc3cc(C(=O)NCCN(CCO)CCO)c[nH]3)c3c(Cl)nc(N)nc32)c1C. The predicted octanol–water partition coefficient (Wildman–Crippen LogP) is 1.16. The van der Waals surface area contributed by atoms with Crippen molar-refractivity contribution in [3.05, 3.63) is 57.3 Å². The number of nitrogens with two attached hydrogens (primary N) is 1. The van der Waals surface area contributed by atoms with Gasteiger partial charge in [0.05, 0.1) is 49.3 Å². The Labute approximate surface area is 242 Å². The fourth-order valence-corrected chi connectivity index (χ4v) is 4.98. The zero-order valence-corrected chi connectivity index (χ0v) is 23.8. The first-order valence-corrected chi connectivity index (χ1v) is 13.3. The second-order valence-electron chi connectivity index (χ2n) is 9.46. The van der Waals surface area contributed by atoms with Crippen LogP contribution in [0, 0.1) is 13.8 Å². The highest BCUT2D eigenvalue weighted by Crippen LogP contribution is 2.41. The molecule has 0 atom stereocenters. The maximum Gasteiger partial charge on any atom is 0.260 e. The number of pyridine rings is 1. The molecule has 2 amide bonds. The summed E-state index contributed by atoms with van der Waals surface area (Å²) in [6, 6.07) is 1.61. The highest BCUT2D eigenvalue weighted by molar-refractivity contribution is 6.41. The van der Waals surface area contributed by atoms with E-state index in [2.05, 4.69) is 25.3 Å². The number of aliphatic hydroxyl groups is 2. The molecule has 41 heavy (non-hydrogen) atoms. The van der Waals surface area contributed by atoms with Gasteiger partial charge in [-0.2, -0.15) is 4.98 Å². The number of methoxy groups -OCH3 is 1. The summed E-state index contributed by atoms with van der Waals surface area (Å²) in [6.07, 6.45) is 4.80. The van der Waals surface area contributed by atoms with E-state index in [0.717, 1.165) is 11.1 Å². The lowest BCUT2D eigenvalue weighted by Gasteiger charge is -2.19. The van der Waals surface area contributed by atoms with Crippen LogP contribution in [0.4, 0.5) is 11.8 Å². The molecule has 3 aromatic rings. The summed E-state index contributed by atoms with van der Waals surface area (Å²) < 4.78 is 5.51. The first-order valence-electron chi connectivity index (χ1n) is 12.9. The number of H-pyrrole nitrogens is 1. The molecule has 0 fully saturated rings. The van der Waals surface area contributed by atoms with Gasteiger partial charge in [0.25, 0.3) is 11.8 Å². The average Bonchev–Trinajstić information content (AvgIpc) is 3.50. The first-order chi connectivity index (χ1) is 19.7. The number of carbonyl (C=O) groups is 2. The van der Waals surface area contributed by atoms with Crippen LogP contribution < -0.4 is 20.7 Å². The Bertz CT molecular complexity index is 1470. The van der Waals surface area contributed by atoms with Gasteiger partial charge in [0.1, 0.15) is 10.9 Å². The monoisotopic (exact) mass is 584 g/mol. The van der Waals surface area contributed by atoms with Crippen LogP contribution >= 0.6 is 11.6 Å². The van der Waals surface area contributed by atoms with Crippen molar-refractivity contribution in [2.75, 3.05) is 57.1 Å². The number of rotatable bonds is 12. The summed E-state index contributed by atoms with van der Waals surface area (Å²) >= 11 is 6.46. The molecule has 0 saturated heterocycles. The van der Waals surface area contributed by atoms with Crippen molar-refractivity contribution in [2.24, 2.45) is 0 Å². The molecule has 0 bridgehead atoms. The number of ether oxygens (including phenoxy) is 1. The number of nitrogen functional groups attached to an aromatic ring is 1. The van der Waals surface area contributed by atoms with Crippen molar-refractivity contribution in [1.82, 2.24) is 30.2 Å². The minimum absolute atomic E-state index is 0.0283. The summed E-state index contributed by atoms with van der Waals surface area (Å²) in [7, 11) is 1.58. The Balaban J connectivity index is 1.58. The lowest BCUT2D eigenvalue weighted by molar-refractivity contribution is -0.113. The number of aryl methyl sites for hydroxylation is 1. The third-order valence-electron chi connectivity index (χ3n) is 6.73. The normalized spacial score (nSPS) is 13.8. The molecule has 0 saturated carbocycles. The van der Waals surface area contributed by atoms with Crippen LogP contribution in [0.3, 0.4) is 0 Å². The van der Waals surface area contributed by atoms with Gasteiger partial charge < -0.3 is 31.0 Å². The molecule has 6 N–H and O–H groups in total. The Morgan fingerprint density at radius 2 is 1.98 bits per heavy atom. The summed E-state index contributed by atoms with van der Waals surface area (Å²) in [5.41, 5.74) is 9.59. The fourth-order valence-electron chi connectivity index (χ4n) is 4.70. The number of carbonyl (C=O) groups excluding carboxylic acids is 2. The average molecular weight is 585 g/mol. The lowest BCUT2D eigenvalue weighted by Crippen LogP contribution is -2.37. The van der Waals surface area contributed by atoms with Gasteiger partial charge in [-0.05, 0) is 26.0 Å². The molecule has 13 nitrogen and oxygen atoms in total. The van der Waals surface area contributed by atoms with Crippen LogP contribution in [0.25, 0.3) is 11.6 Å². The summed E-state index contributed by atoms with van der Waals surface area (Å²) in [4.78, 5) is 45.6. The molecule has 3 aromatic heterocycles. The molecule has 1 aliphatic rings. The van der Waals surface area contributed by atoms with Crippen molar-refractivity contribution in [3.8, 4) is 5.75 Å². The molecule has 4 rings (SSSR count). The van der Waals surface area contributed by atoms with Gasteiger partial charge in [-0.25, -0.2) is 4.98 Å². The van der Waals surface area contributed by atoms with E-state index in [1.54, 1.807) is 25.4 Å². The third kappa shape index (κ3) is 6.49. The molecule has 0 spiro atoms. The first kappa shape index (κ1) is 29.9. The quantitative estimate of drug-likeness (QED) is 0.153. The van der Waals surface area contributed by atoms with Gasteiger partial charge in [0, 0.05) is 55.4 Å². The Kier molecular flexibility index (Phi) is 9.55. The molecular weight excluding hydrogens is 552 g/mol. The van der Waals surface area contributed by atoms with Crippen LogP contribution in [0.1, 0.15) is 38.4 Å². The van der Waals surface area contributed by atoms with Gasteiger partial charge in [0.2, 0.25) is 5.95 Å². The second-order valence-corrected chi connectivity index (χ2v) is 9.81. The zero-order valence-electron chi connectivity index (χ0n) is 23.1. The molecular formula is C27H33ClN8O5. The van der Waals surface area contributed by atoms with E-state index >= 15 is 0 Å². The van der Waals surface area contributed by atoms with Gasteiger partial charge in [-0.3, -0.25) is 24.4 Å². The topological polar surface area (TPSA) is 183 Å². The zero-order chi connectivity index (χ0) is 29.7. The smallest absolute Gasteiger partial charge is 0.260 e. The number of nitrogens with one attached hydrogen (secondary N) is 2. The number of anilines is 2. The number of amides is 2. The molecule has 0 aromatic carbocycles. The van der Waals surface area contributed by atoms with Gasteiger partial charge in [0.15, 0.2) is 5.82 Å². The van der Waals surface area contributed by atoms with Crippen LogP contribution in [0.2, 0.25) is 5.15 Å². The molecule has 1 aliphatic heterocycles. The van der Waals surface area contributed by atoms with E-state index in [1.807, 2.05) is 18.7 Å². The third-order valence-corrected chi connectivity index (χ3v) is 7.01.